The normalized spacial score (nSPS) is 16.1. The Balaban J connectivity index is 1.52. The molecule has 3 heterocycles. The average Bonchev–Trinajstić information content (AvgIpc) is 3.23. The number of rotatable bonds is 4. The summed E-state index contributed by atoms with van der Waals surface area (Å²) in [7, 11) is 3.52. The van der Waals surface area contributed by atoms with Gasteiger partial charge in [0, 0.05) is 45.3 Å². The number of amides is 1. The molecule has 6 nitrogen and oxygen atoms in total. The van der Waals surface area contributed by atoms with Gasteiger partial charge in [-0.3, -0.25) is 9.48 Å². The zero-order valence-electron chi connectivity index (χ0n) is 14.5. The van der Waals surface area contributed by atoms with Crippen molar-refractivity contribution in [2.75, 3.05) is 31.6 Å². The molecule has 1 aliphatic rings. The van der Waals surface area contributed by atoms with Gasteiger partial charge in [-0.15, -0.1) is 11.3 Å². The van der Waals surface area contributed by atoms with Crippen molar-refractivity contribution in [3.63, 3.8) is 0 Å². The summed E-state index contributed by atoms with van der Waals surface area (Å²) in [5.41, 5.74) is -0.281. The molecule has 2 aromatic heterocycles. The predicted molar refractivity (Wildman–Crippen MR) is 92.2 cm³/mol. The number of alkyl halides is 3. The maximum Gasteiger partial charge on any atom is 0.434 e. The maximum atomic E-state index is 12.7. The second-order valence-corrected chi connectivity index (χ2v) is 7.37. The SMILES string of the molecule is CN(CC1CCN(c2nc(C(F)(F)F)cs2)CC1)C(=O)c1cnn(C)c1. The third kappa shape index (κ3) is 4.17. The number of piperidine rings is 1. The lowest BCUT2D eigenvalue weighted by Crippen LogP contribution is -2.39. The first-order valence-corrected chi connectivity index (χ1v) is 9.14. The maximum absolute atomic E-state index is 12.7. The predicted octanol–water partition coefficient (Wildman–Crippen LogP) is 2.88. The molecule has 0 spiro atoms. The molecule has 0 aromatic carbocycles. The molecule has 0 radical (unpaired) electrons. The molecule has 26 heavy (non-hydrogen) atoms. The molecule has 1 amide bonds. The van der Waals surface area contributed by atoms with Gasteiger partial charge in [0.2, 0.25) is 0 Å². The standard InChI is InChI=1S/C16H20F3N5OS/c1-22(14(25)12-7-20-23(2)9-12)8-11-3-5-24(6-4-11)15-21-13(10-26-15)16(17,18)19/h7,9-11H,3-6,8H2,1-2H3. The van der Waals surface area contributed by atoms with Crippen LogP contribution in [0, 0.1) is 5.92 Å². The van der Waals surface area contributed by atoms with E-state index in [1.807, 2.05) is 4.90 Å². The number of carbonyl (C=O) groups excluding carboxylic acids is 1. The van der Waals surface area contributed by atoms with E-state index < -0.39 is 11.9 Å². The molecular weight excluding hydrogens is 367 g/mol. The number of hydrogen-bond donors (Lipinski definition) is 0. The van der Waals surface area contributed by atoms with Crippen LogP contribution in [0.3, 0.4) is 0 Å². The first-order chi connectivity index (χ1) is 12.2. The highest BCUT2D eigenvalue weighted by Gasteiger charge is 2.34. The molecule has 1 fully saturated rings. The first kappa shape index (κ1) is 18.7. The Morgan fingerprint density at radius 2 is 2.08 bits per heavy atom. The lowest BCUT2D eigenvalue weighted by atomic mass is 9.96. The quantitative estimate of drug-likeness (QED) is 0.810. The molecule has 0 unspecified atom stereocenters. The number of hydrogen-bond acceptors (Lipinski definition) is 5. The van der Waals surface area contributed by atoms with E-state index in [2.05, 4.69) is 10.1 Å². The molecule has 0 N–H and O–H groups in total. The fourth-order valence-electron chi connectivity index (χ4n) is 3.07. The van der Waals surface area contributed by atoms with Gasteiger partial charge in [-0.1, -0.05) is 0 Å². The van der Waals surface area contributed by atoms with Gasteiger partial charge in [0.1, 0.15) is 0 Å². The Kier molecular flexibility index (Phi) is 5.22. The van der Waals surface area contributed by atoms with Crippen LogP contribution in [-0.2, 0) is 13.2 Å². The van der Waals surface area contributed by atoms with Crippen molar-refractivity contribution in [3.8, 4) is 0 Å². The summed E-state index contributed by atoms with van der Waals surface area (Å²) in [6.07, 6.45) is 0.448. The molecule has 0 aliphatic carbocycles. The molecule has 10 heteroatoms. The zero-order chi connectivity index (χ0) is 18.9. The number of thiazole rings is 1. The van der Waals surface area contributed by atoms with Crippen molar-refractivity contribution >= 4 is 22.4 Å². The van der Waals surface area contributed by atoms with Crippen molar-refractivity contribution in [2.24, 2.45) is 13.0 Å². The van der Waals surface area contributed by atoms with Crippen LogP contribution in [0.2, 0.25) is 0 Å². The Bertz CT molecular complexity index is 764. The number of aryl methyl sites for hydroxylation is 1. The van der Waals surface area contributed by atoms with E-state index in [0.29, 0.717) is 36.2 Å². The summed E-state index contributed by atoms with van der Waals surface area (Å²) in [6.45, 7) is 1.90. The van der Waals surface area contributed by atoms with Crippen molar-refractivity contribution in [1.82, 2.24) is 19.7 Å². The lowest BCUT2D eigenvalue weighted by Gasteiger charge is -2.33. The van der Waals surface area contributed by atoms with Crippen LogP contribution in [0.25, 0.3) is 0 Å². The Morgan fingerprint density at radius 1 is 1.38 bits per heavy atom. The van der Waals surface area contributed by atoms with Gasteiger partial charge in [0.15, 0.2) is 10.8 Å². The largest absolute Gasteiger partial charge is 0.434 e. The van der Waals surface area contributed by atoms with E-state index in [-0.39, 0.29) is 5.91 Å². The first-order valence-electron chi connectivity index (χ1n) is 8.26. The second-order valence-electron chi connectivity index (χ2n) is 6.53. The van der Waals surface area contributed by atoms with Crippen LogP contribution < -0.4 is 4.90 Å². The van der Waals surface area contributed by atoms with E-state index in [9.17, 15) is 18.0 Å². The molecule has 0 atom stereocenters. The average molecular weight is 387 g/mol. The molecule has 142 valence electrons. The van der Waals surface area contributed by atoms with E-state index in [4.69, 9.17) is 0 Å². The summed E-state index contributed by atoms with van der Waals surface area (Å²) in [6, 6.07) is 0. The molecule has 1 aliphatic heterocycles. The van der Waals surface area contributed by atoms with E-state index in [1.165, 1.54) is 0 Å². The van der Waals surface area contributed by atoms with Crippen molar-refractivity contribution in [1.29, 1.82) is 0 Å². The van der Waals surface area contributed by atoms with E-state index in [0.717, 1.165) is 29.6 Å². The topological polar surface area (TPSA) is 54.3 Å². The van der Waals surface area contributed by atoms with E-state index in [1.54, 1.807) is 36.1 Å². The smallest absolute Gasteiger partial charge is 0.348 e. The van der Waals surface area contributed by atoms with Crippen LogP contribution in [0.5, 0.6) is 0 Å². The highest BCUT2D eigenvalue weighted by molar-refractivity contribution is 7.13. The minimum atomic E-state index is -4.40. The third-order valence-corrected chi connectivity index (χ3v) is 5.40. The Labute approximate surface area is 153 Å². The van der Waals surface area contributed by atoms with Crippen LogP contribution in [0.15, 0.2) is 17.8 Å². The molecular formula is C16H20F3N5OS. The minimum absolute atomic E-state index is 0.0738. The van der Waals surface area contributed by atoms with Crippen LogP contribution in [-0.4, -0.2) is 52.3 Å². The summed E-state index contributed by atoms with van der Waals surface area (Å²) in [5.74, 6) is 0.245. The van der Waals surface area contributed by atoms with Crippen molar-refractivity contribution < 1.29 is 18.0 Å². The molecule has 0 saturated carbocycles. The lowest BCUT2D eigenvalue weighted by molar-refractivity contribution is -0.140. The summed E-state index contributed by atoms with van der Waals surface area (Å²) in [4.78, 5) is 19.6. The van der Waals surface area contributed by atoms with Crippen molar-refractivity contribution in [2.45, 2.75) is 19.0 Å². The second kappa shape index (κ2) is 7.26. The van der Waals surface area contributed by atoms with Crippen molar-refractivity contribution in [3.05, 3.63) is 29.0 Å². The van der Waals surface area contributed by atoms with Gasteiger partial charge in [-0.05, 0) is 18.8 Å². The van der Waals surface area contributed by atoms with E-state index >= 15 is 0 Å². The summed E-state index contributed by atoms with van der Waals surface area (Å²) >= 11 is 1.02. The fraction of sp³-hybridized carbons (Fsp3) is 0.562. The van der Waals surface area contributed by atoms with Gasteiger partial charge in [-0.25, -0.2) is 4.98 Å². The number of nitrogens with zero attached hydrogens (tertiary/aromatic N) is 5. The van der Waals surface area contributed by atoms with Gasteiger partial charge < -0.3 is 9.80 Å². The monoisotopic (exact) mass is 387 g/mol. The van der Waals surface area contributed by atoms with Gasteiger partial charge >= 0.3 is 6.18 Å². The molecule has 2 aromatic rings. The summed E-state index contributed by atoms with van der Waals surface area (Å²) in [5, 5.41) is 5.48. The Morgan fingerprint density at radius 3 is 2.62 bits per heavy atom. The van der Waals surface area contributed by atoms with Gasteiger partial charge in [0.25, 0.3) is 5.91 Å². The number of carbonyl (C=O) groups is 1. The van der Waals surface area contributed by atoms with Gasteiger partial charge in [-0.2, -0.15) is 18.3 Å². The van der Waals surface area contributed by atoms with Gasteiger partial charge in [0.05, 0.1) is 11.8 Å². The van der Waals surface area contributed by atoms with Crippen LogP contribution in [0.4, 0.5) is 18.3 Å². The van der Waals surface area contributed by atoms with Crippen LogP contribution in [0.1, 0.15) is 28.9 Å². The highest BCUT2D eigenvalue weighted by atomic mass is 32.1. The molecule has 0 bridgehead atoms. The van der Waals surface area contributed by atoms with Crippen LogP contribution >= 0.6 is 11.3 Å². The number of halogens is 3. The number of aromatic nitrogens is 3. The minimum Gasteiger partial charge on any atom is -0.348 e. The third-order valence-electron chi connectivity index (χ3n) is 4.50. The molecule has 3 rings (SSSR count). The zero-order valence-corrected chi connectivity index (χ0v) is 15.3. The fourth-order valence-corrected chi connectivity index (χ4v) is 3.95. The number of anilines is 1. The summed E-state index contributed by atoms with van der Waals surface area (Å²) < 4.78 is 39.6. The molecule has 1 saturated heterocycles. The Hall–Kier alpha value is -2.10. The highest BCUT2D eigenvalue weighted by Crippen LogP contribution is 2.34.